The molecule has 1 aliphatic heterocycles. The number of hydrogen-bond donors (Lipinski definition) is 0. The van der Waals surface area contributed by atoms with Crippen molar-refractivity contribution < 1.29 is 13.2 Å². The first kappa shape index (κ1) is 16.6. The van der Waals surface area contributed by atoms with E-state index in [1.807, 2.05) is 31.2 Å². The Morgan fingerprint density at radius 3 is 2.90 bits per heavy atom. The minimum absolute atomic E-state index is 0.0387. The highest BCUT2D eigenvalue weighted by molar-refractivity contribution is 7.89. The number of nitrogens with zero attached hydrogens (tertiary/aromatic N) is 1. The van der Waals surface area contributed by atoms with Crippen molar-refractivity contribution >= 4 is 21.6 Å². The van der Waals surface area contributed by atoms with E-state index in [9.17, 15) is 8.42 Å². The van der Waals surface area contributed by atoms with Gasteiger partial charge in [0, 0.05) is 18.5 Å². The molecule has 6 heteroatoms. The van der Waals surface area contributed by atoms with E-state index in [1.54, 1.807) is 11.4 Å². The van der Waals surface area contributed by atoms with E-state index in [2.05, 4.69) is 0 Å². The summed E-state index contributed by atoms with van der Waals surface area (Å²) in [6.07, 6.45) is 1.73. The van der Waals surface area contributed by atoms with Crippen LogP contribution in [0.5, 0.6) is 5.75 Å². The van der Waals surface area contributed by atoms with Gasteiger partial charge < -0.3 is 4.74 Å². The summed E-state index contributed by atoms with van der Waals surface area (Å²) >= 11 is 5.76. The Bertz CT molecular complexity index is 576. The number of halogens is 1. The number of hydrogen-bond acceptors (Lipinski definition) is 3. The summed E-state index contributed by atoms with van der Waals surface area (Å²) < 4.78 is 32.0. The second-order valence-electron chi connectivity index (χ2n) is 5.58. The third-order valence-corrected chi connectivity index (χ3v) is 6.47. The van der Waals surface area contributed by atoms with Crippen molar-refractivity contribution in [1.29, 1.82) is 0 Å². The summed E-state index contributed by atoms with van der Waals surface area (Å²) in [6, 6.07) is 7.56. The molecular formula is C15H22ClNO3S. The number of ether oxygens (including phenoxy) is 1. The first-order valence-corrected chi connectivity index (χ1v) is 9.31. The van der Waals surface area contributed by atoms with Crippen LogP contribution in [0.25, 0.3) is 0 Å². The predicted octanol–water partition coefficient (Wildman–Crippen LogP) is 3.04. The van der Waals surface area contributed by atoms with E-state index >= 15 is 0 Å². The van der Waals surface area contributed by atoms with Crippen molar-refractivity contribution in [3.05, 3.63) is 29.8 Å². The van der Waals surface area contributed by atoms with Gasteiger partial charge in [-0.25, -0.2) is 8.42 Å². The molecule has 1 saturated heterocycles. The molecule has 2 rings (SSSR count). The van der Waals surface area contributed by atoms with Crippen LogP contribution in [-0.2, 0) is 10.0 Å². The van der Waals surface area contributed by atoms with E-state index in [-0.39, 0.29) is 17.7 Å². The molecule has 1 heterocycles. The molecule has 21 heavy (non-hydrogen) atoms. The van der Waals surface area contributed by atoms with Gasteiger partial charge in [0.25, 0.3) is 0 Å². The zero-order chi connectivity index (χ0) is 15.5. The van der Waals surface area contributed by atoms with Crippen molar-refractivity contribution in [2.24, 2.45) is 5.92 Å². The number of methoxy groups -OCH3 is 1. The number of sulfonamides is 1. The summed E-state index contributed by atoms with van der Waals surface area (Å²) in [5.74, 6) is 1.18. The normalized spacial score (nSPS) is 21.4. The Hall–Kier alpha value is -0.780. The smallest absolute Gasteiger partial charge is 0.214 e. The van der Waals surface area contributed by atoms with Crippen molar-refractivity contribution in [3.8, 4) is 5.75 Å². The molecule has 0 aliphatic carbocycles. The van der Waals surface area contributed by atoms with Crippen LogP contribution in [-0.4, -0.2) is 38.0 Å². The summed E-state index contributed by atoms with van der Waals surface area (Å²) in [5.41, 5.74) is 0.994. The van der Waals surface area contributed by atoms with Gasteiger partial charge in [0.2, 0.25) is 10.0 Å². The van der Waals surface area contributed by atoms with Gasteiger partial charge in [-0.05, 0) is 36.5 Å². The van der Waals surface area contributed by atoms with Crippen molar-refractivity contribution in [3.63, 3.8) is 0 Å². The predicted molar refractivity (Wildman–Crippen MR) is 85.3 cm³/mol. The third kappa shape index (κ3) is 3.90. The van der Waals surface area contributed by atoms with Crippen molar-refractivity contribution in [2.45, 2.75) is 25.8 Å². The highest BCUT2D eigenvalue weighted by Gasteiger charge is 2.35. The highest BCUT2D eigenvalue weighted by Crippen LogP contribution is 2.36. The van der Waals surface area contributed by atoms with Crippen LogP contribution < -0.4 is 4.74 Å². The van der Waals surface area contributed by atoms with Gasteiger partial charge in [0.05, 0.1) is 12.9 Å². The minimum Gasteiger partial charge on any atom is -0.497 e. The number of alkyl halides is 1. The Labute approximate surface area is 132 Å². The van der Waals surface area contributed by atoms with Crippen LogP contribution in [0.3, 0.4) is 0 Å². The Balaban J connectivity index is 2.23. The fourth-order valence-electron chi connectivity index (χ4n) is 2.75. The standard InChI is InChI=1S/C15H22ClNO3S/c1-12(10-16)11-21(18,19)17-8-4-7-15(17)13-5-3-6-14(9-13)20-2/h3,5-6,9,12,15H,4,7-8,10-11H2,1-2H3. The molecule has 0 bridgehead atoms. The SMILES string of the molecule is COc1cccc(C2CCCN2S(=O)(=O)CC(C)CCl)c1. The second kappa shape index (κ2) is 6.99. The maximum absolute atomic E-state index is 12.6. The quantitative estimate of drug-likeness (QED) is 0.753. The molecule has 2 unspecified atom stereocenters. The zero-order valence-electron chi connectivity index (χ0n) is 12.5. The van der Waals surface area contributed by atoms with E-state index in [4.69, 9.17) is 16.3 Å². The van der Waals surface area contributed by atoms with E-state index in [0.717, 1.165) is 24.2 Å². The minimum atomic E-state index is -3.28. The van der Waals surface area contributed by atoms with Crippen LogP contribution in [0.15, 0.2) is 24.3 Å². The fraction of sp³-hybridized carbons (Fsp3) is 0.600. The maximum atomic E-state index is 12.6. The molecule has 1 aromatic carbocycles. The van der Waals surface area contributed by atoms with Gasteiger partial charge >= 0.3 is 0 Å². The zero-order valence-corrected chi connectivity index (χ0v) is 14.0. The first-order valence-electron chi connectivity index (χ1n) is 7.17. The lowest BCUT2D eigenvalue weighted by molar-refractivity contribution is 0.387. The van der Waals surface area contributed by atoms with Crippen LogP contribution in [0.1, 0.15) is 31.4 Å². The summed E-state index contributed by atoms with van der Waals surface area (Å²) in [4.78, 5) is 0. The van der Waals surface area contributed by atoms with Crippen LogP contribution in [0.2, 0.25) is 0 Å². The number of benzene rings is 1. The van der Waals surface area contributed by atoms with Crippen molar-refractivity contribution in [2.75, 3.05) is 25.3 Å². The summed E-state index contributed by atoms with van der Waals surface area (Å²) in [5, 5.41) is 0. The molecule has 4 nitrogen and oxygen atoms in total. The molecule has 118 valence electrons. The van der Waals surface area contributed by atoms with E-state index in [1.165, 1.54) is 0 Å². The van der Waals surface area contributed by atoms with Crippen LogP contribution in [0.4, 0.5) is 0 Å². The van der Waals surface area contributed by atoms with Gasteiger partial charge in [0.15, 0.2) is 0 Å². The third-order valence-electron chi connectivity index (χ3n) is 3.80. The van der Waals surface area contributed by atoms with Crippen molar-refractivity contribution in [1.82, 2.24) is 4.31 Å². The number of rotatable bonds is 6. The molecule has 1 aliphatic rings. The molecule has 0 saturated carbocycles. The molecule has 0 spiro atoms. The largest absolute Gasteiger partial charge is 0.497 e. The molecule has 1 aromatic rings. The highest BCUT2D eigenvalue weighted by atomic mass is 35.5. The fourth-order valence-corrected chi connectivity index (χ4v) is 5.04. The Morgan fingerprint density at radius 1 is 1.48 bits per heavy atom. The Kier molecular flexibility index (Phi) is 5.52. The summed E-state index contributed by atoms with van der Waals surface area (Å²) in [6.45, 7) is 2.44. The molecule has 2 atom stereocenters. The lowest BCUT2D eigenvalue weighted by Gasteiger charge is -2.25. The monoisotopic (exact) mass is 331 g/mol. The second-order valence-corrected chi connectivity index (χ2v) is 7.86. The van der Waals surface area contributed by atoms with Gasteiger partial charge in [-0.2, -0.15) is 4.31 Å². The molecule has 0 aromatic heterocycles. The lowest BCUT2D eigenvalue weighted by Crippen LogP contribution is -2.34. The average molecular weight is 332 g/mol. The average Bonchev–Trinajstić information content (AvgIpc) is 2.97. The van der Waals surface area contributed by atoms with Gasteiger partial charge in [-0.1, -0.05) is 19.1 Å². The van der Waals surface area contributed by atoms with Gasteiger partial charge in [-0.3, -0.25) is 0 Å². The van der Waals surface area contributed by atoms with E-state index < -0.39 is 10.0 Å². The molecular weight excluding hydrogens is 310 g/mol. The topological polar surface area (TPSA) is 46.6 Å². The molecule has 0 amide bonds. The van der Waals surface area contributed by atoms with E-state index in [0.29, 0.717) is 12.4 Å². The Morgan fingerprint density at radius 2 is 2.24 bits per heavy atom. The first-order chi connectivity index (χ1) is 9.97. The molecule has 0 N–H and O–H groups in total. The summed E-state index contributed by atoms with van der Waals surface area (Å²) in [7, 11) is -1.66. The van der Waals surface area contributed by atoms with Crippen LogP contribution in [0, 0.1) is 5.92 Å². The molecule has 0 radical (unpaired) electrons. The van der Waals surface area contributed by atoms with Crippen LogP contribution >= 0.6 is 11.6 Å². The van der Waals surface area contributed by atoms with Gasteiger partial charge in [0.1, 0.15) is 5.75 Å². The molecule has 1 fully saturated rings. The lowest BCUT2D eigenvalue weighted by atomic mass is 10.1. The maximum Gasteiger partial charge on any atom is 0.214 e. The van der Waals surface area contributed by atoms with Gasteiger partial charge in [-0.15, -0.1) is 11.6 Å².